The van der Waals surface area contributed by atoms with Gasteiger partial charge in [-0.15, -0.1) is 0 Å². The minimum atomic E-state index is -0.157. The molecule has 2 aliphatic rings. The number of likely N-dealkylation sites (N-methyl/N-ethyl adjacent to an activating group) is 1. The molecule has 1 aliphatic heterocycles. The molecule has 3 rings (SSSR count). The molecule has 2 unspecified atom stereocenters. The van der Waals surface area contributed by atoms with Crippen LogP contribution >= 0.6 is 0 Å². The molecule has 2 fully saturated rings. The van der Waals surface area contributed by atoms with E-state index in [0.717, 1.165) is 30.8 Å². The van der Waals surface area contributed by atoms with Crippen LogP contribution in [0.3, 0.4) is 0 Å². The third kappa shape index (κ3) is 2.73. The van der Waals surface area contributed by atoms with Crippen LogP contribution in [0, 0.1) is 12.7 Å². The summed E-state index contributed by atoms with van der Waals surface area (Å²) in [6.07, 6.45) is 2.61. The molecule has 1 aromatic rings. The highest BCUT2D eigenvalue weighted by Gasteiger charge is 2.41. The van der Waals surface area contributed by atoms with Gasteiger partial charge in [0, 0.05) is 19.1 Å². The van der Waals surface area contributed by atoms with E-state index < -0.39 is 0 Å². The lowest BCUT2D eigenvalue weighted by molar-refractivity contribution is -0.0742. The van der Waals surface area contributed by atoms with Gasteiger partial charge in [0.05, 0.1) is 18.8 Å². The van der Waals surface area contributed by atoms with Crippen LogP contribution in [0.1, 0.15) is 30.0 Å². The number of hydrogen-bond donors (Lipinski definition) is 1. The van der Waals surface area contributed by atoms with Crippen LogP contribution in [0.25, 0.3) is 0 Å². The average molecular weight is 278 g/mol. The Morgan fingerprint density at radius 1 is 1.40 bits per heavy atom. The minimum Gasteiger partial charge on any atom is -0.374 e. The average Bonchev–Trinajstić information content (AvgIpc) is 3.26. The van der Waals surface area contributed by atoms with Crippen molar-refractivity contribution < 1.29 is 9.13 Å². The maximum absolute atomic E-state index is 13.7. The largest absolute Gasteiger partial charge is 0.374 e. The Labute approximate surface area is 120 Å². The predicted octanol–water partition coefficient (Wildman–Crippen LogP) is 2.26. The van der Waals surface area contributed by atoms with E-state index in [-0.39, 0.29) is 18.0 Å². The lowest BCUT2D eigenvalue weighted by Gasteiger charge is -2.42. The van der Waals surface area contributed by atoms with Crippen molar-refractivity contribution in [2.24, 2.45) is 0 Å². The van der Waals surface area contributed by atoms with E-state index >= 15 is 0 Å². The molecule has 1 saturated heterocycles. The van der Waals surface area contributed by atoms with Gasteiger partial charge in [-0.3, -0.25) is 4.90 Å². The normalized spacial score (nSPS) is 27.8. The van der Waals surface area contributed by atoms with Gasteiger partial charge in [-0.2, -0.15) is 0 Å². The smallest absolute Gasteiger partial charge is 0.123 e. The summed E-state index contributed by atoms with van der Waals surface area (Å²) in [5.41, 5.74) is 2.23. The molecule has 0 amide bonds. The molecule has 3 nitrogen and oxygen atoms in total. The fraction of sp³-hybridized carbons (Fsp3) is 0.625. The molecule has 0 bridgehead atoms. The van der Waals surface area contributed by atoms with E-state index in [1.165, 1.54) is 18.9 Å². The molecule has 0 radical (unpaired) electrons. The zero-order valence-electron chi connectivity index (χ0n) is 12.2. The highest BCUT2D eigenvalue weighted by Crippen LogP contribution is 2.39. The van der Waals surface area contributed by atoms with Crippen LogP contribution in [-0.2, 0) is 4.74 Å². The van der Waals surface area contributed by atoms with Gasteiger partial charge in [0.1, 0.15) is 5.82 Å². The summed E-state index contributed by atoms with van der Waals surface area (Å²) in [5.74, 6) is -0.157. The van der Waals surface area contributed by atoms with Crippen molar-refractivity contribution in [1.29, 1.82) is 0 Å². The standard InChI is InChI=1S/C16H23FN2O/c1-11-3-4-12(17)9-14(11)16-15(10-18-2)20-8-7-19(16)13-5-6-13/h3-4,9,13,15-16,18H,5-8,10H2,1-2H3. The van der Waals surface area contributed by atoms with Crippen LogP contribution < -0.4 is 5.32 Å². The quantitative estimate of drug-likeness (QED) is 0.914. The van der Waals surface area contributed by atoms with E-state index in [2.05, 4.69) is 17.1 Å². The molecule has 4 heteroatoms. The topological polar surface area (TPSA) is 24.5 Å². The van der Waals surface area contributed by atoms with Crippen LogP contribution in [0.5, 0.6) is 0 Å². The Morgan fingerprint density at radius 2 is 2.20 bits per heavy atom. The third-order valence-electron chi connectivity index (χ3n) is 4.37. The van der Waals surface area contributed by atoms with Gasteiger partial charge in [0.15, 0.2) is 0 Å². The molecule has 1 aromatic carbocycles. The number of rotatable bonds is 4. The van der Waals surface area contributed by atoms with E-state index in [9.17, 15) is 4.39 Å². The Kier molecular flexibility index (Phi) is 4.06. The zero-order valence-corrected chi connectivity index (χ0v) is 12.2. The minimum absolute atomic E-state index is 0.0925. The van der Waals surface area contributed by atoms with Gasteiger partial charge < -0.3 is 10.1 Å². The Balaban J connectivity index is 1.95. The molecule has 110 valence electrons. The summed E-state index contributed by atoms with van der Waals surface area (Å²) in [6, 6.07) is 5.93. The maximum atomic E-state index is 13.7. The summed E-state index contributed by atoms with van der Waals surface area (Å²) in [5, 5.41) is 3.21. The van der Waals surface area contributed by atoms with Crippen molar-refractivity contribution in [3.8, 4) is 0 Å². The van der Waals surface area contributed by atoms with Gasteiger partial charge in [-0.05, 0) is 50.1 Å². The van der Waals surface area contributed by atoms with E-state index in [1.807, 2.05) is 13.1 Å². The van der Waals surface area contributed by atoms with Crippen molar-refractivity contribution >= 4 is 0 Å². The fourth-order valence-corrected chi connectivity index (χ4v) is 3.25. The first-order valence-corrected chi connectivity index (χ1v) is 7.48. The van der Waals surface area contributed by atoms with Gasteiger partial charge in [-0.25, -0.2) is 4.39 Å². The maximum Gasteiger partial charge on any atom is 0.123 e. The molecular weight excluding hydrogens is 255 g/mol. The second-order valence-electron chi connectivity index (χ2n) is 5.88. The van der Waals surface area contributed by atoms with Crippen molar-refractivity contribution in [2.75, 3.05) is 26.7 Å². The molecule has 1 heterocycles. The number of morpholine rings is 1. The highest BCUT2D eigenvalue weighted by atomic mass is 19.1. The fourth-order valence-electron chi connectivity index (χ4n) is 3.25. The first kappa shape index (κ1) is 14.0. The summed E-state index contributed by atoms with van der Waals surface area (Å²) in [4.78, 5) is 2.52. The molecule has 1 N–H and O–H groups in total. The number of hydrogen-bond acceptors (Lipinski definition) is 3. The van der Waals surface area contributed by atoms with E-state index in [4.69, 9.17) is 4.74 Å². The Morgan fingerprint density at radius 3 is 2.90 bits per heavy atom. The van der Waals surface area contributed by atoms with Gasteiger partial charge >= 0.3 is 0 Å². The molecule has 1 aliphatic carbocycles. The molecule has 0 aromatic heterocycles. The lowest BCUT2D eigenvalue weighted by Crippen LogP contribution is -2.49. The second kappa shape index (κ2) is 5.80. The molecule has 0 spiro atoms. The Hall–Kier alpha value is -0.970. The van der Waals surface area contributed by atoms with Crippen molar-refractivity contribution in [1.82, 2.24) is 10.2 Å². The predicted molar refractivity (Wildman–Crippen MR) is 77.3 cm³/mol. The van der Waals surface area contributed by atoms with Crippen molar-refractivity contribution in [2.45, 2.75) is 38.0 Å². The first-order valence-electron chi connectivity index (χ1n) is 7.48. The van der Waals surface area contributed by atoms with Crippen molar-refractivity contribution in [3.05, 3.63) is 35.1 Å². The summed E-state index contributed by atoms with van der Waals surface area (Å²) in [6.45, 7) is 4.58. The van der Waals surface area contributed by atoms with Gasteiger partial charge in [0.2, 0.25) is 0 Å². The molecular formula is C16H23FN2O. The molecule has 1 saturated carbocycles. The Bertz CT molecular complexity index is 474. The summed E-state index contributed by atoms with van der Waals surface area (Å²) >= 11 is 0. The van der Waals surface area contributed by atoms with Gasteiger partial charge in [-0.1, -0.05) is 6.07 Å². The summed E-state index contributed by atoms with van der Waals surface area (Å²) < 4.78 is 19.6. The van der Waals surface area contributed by atoms with Crippen LogP contribution in [0.2, 0.25) is 0 Å². The number of nitrogens with one attached hydrogen (secondary N) is 1. The number of ether oxygens (including phenoxy) is 1. The number of halogens is 1. The molecule has 2 atom stereocenters. The van der Waals surface area contributed by atoms with Crippen LogP contribution in [-0.4, -0.2) is 43.8 Å². The lowest BCUT2D eigenvalue weighted by atomic mass is 9.93. The van der Waals surface area contributed by atoms with E-state index in [1.54, 1.807) is 6.07 Å². The second-order valence-corrected chi connectivity index (χ2v) is 5.88. The molecule has 20 heavy (non-hydrogen) atoms. The van der Waals surface area contributed by atoms with Crippen LogP contribution in [0.15, 0.2) is 18.2 Å². The monoisotopic (exact) mass is 278 g/mol. The first-order chi connectivity index (χ1) is 9.70. The number of aryl methyl sites for hydroxylation is 1. The van der Waals surface area contributed by atoms with E-state index in [0.29, 0.717) is 6.04 Å². The highest BCUT2D eigenvalue weighted by molar-refractivity contribution is 5.31. The number of benzene rings is 1. The van der Waals surface area contributed by atoms with Crippen molar-refractivity contribution in [3.63, 3.8) is 0 Å². The summed E-state index contributed by atoms with van der Waals surface area (Å²) in [7, 11) is 1.94. The third-order valence-corrected chi connectivity index (χ3v) is 4.37. The zero-order chi connectivity index (χ0) is 14.1. The van der Waals surface area contributed by atoms with Gasteiger partial charge in [0.25, 0.3) is 0 Å². The number of nitrogens with zero attached hydrogens (tertiary/aromatic N) is 1. The van der Waals surface area contributed by atoms with Crippen LogP contribution in [0.4, 0.5) is 4.39 Å². The SMILES string of the molecule is CNCC1OCCN(C2CC2)C1c1cc(F)ccc1C.